The summed E-state index contributed by atoms with van der Waals surface area (Å²) >= 11 is 0. The van der Waals surface area contributed by atoms with Crippen molar-refractivity contribution in [1.82, 2.24) is 0 Å². The molecule has 0 atom stereocenters. The lowest BCUT2D eigenvalue weighted by Crippen LogP contribution is -2.10. The number of nitrogens with one attached hydrogen (secondary N) is 1. The van der Waals surface area contributed by atoms with Crippen molar-refractivity contribution in [3.8, 4) is 0 Å². The summed E-state index contributed by atoms with van der Waals surface area (Å²) < 4.78 is 0. The fraction of sp³-hybridized carbons (Fsp3) is 0.391. The van der Waals surface area contributed by atoms with Gasteiger partial charge < -0.3 is 16.9 Å². The molecular formula is C23H32N4. The number of rotatable bonds is 7. The van der Waals surface area contributed by atoms with Crippen LogP contribution in [0, 0.1) is 12.3 Å². The van der Waals surface area contributed by atoms with Gasteiger partial charge in [-0.15, -0.1) is 0 Å². The number of hydrogen-bond donors (Lipinski definition) is 3. The maximum absolute atomic E-state index is 7.91. The predicted octanol–water partition coefficient (Wildman–Crippen LogP) is 5.17. The first-order valence-corrected chi connectivity index (χ1v) is 9.83. The van der Waals surface area contributed by atoms with E-state index in [9.17, 15) is 0 Å². The standard InChI is InChI=1S/C23H32N4/c1-4-8-18(17(13-24)15-27-5-2)19-9-6-7-10-20(19)23-16(3)11-12-22(26)21(23)14-25/h8,11-15,25H,4-7,9-10,24,26H2,1-3H3/b17-13+,18-8+,25-14?,27-15?. The highest BCUT2D eigenvalue weighted by atomic mass is 14.7. The van der Waals surface area contributed by atoms with E-state index in [0.717, 1.165) is 60.9 Å². The number of aryl methyl sites for hydroxylation is 1. The van der Waals surface area contributed by atoms with Gasteiger partial charge in [0, 0.05) is 42.0 Å². The summed E-state index contributed by atoms with van der Waals surface area (Å²) in [5.41, 5.74) is 20.7. The first kappa shape index (κ1) is 20.7. The molecule has 0 heterocycles. The molecule has 0 saturated heterocycles. The lowest BCUT2D eigenvalue weighted by molar-refractivity contribution is 0.719. The number of nitrogens with zero attached hydrogens (tertiary/aromatic N) is 1. The van der Waals surface area contributed by atoms with Gasteiger partial charge in [-0.25, -0.2) is 0 Å². The molecular weight excluding hydrogens is 332 g/mol. The van der Waals surface area contributed by atoms with Gasteiger partial charge in [0.15, 0.2) is 0 Å². The van der Waals surface area contributed by atoms with Gasteiger partial charge in [0.05, 0.1) is 0 Å². The molecule has 0 spiro atoms. The molecule has 0 amide bonds. The third kappa shape index (κ3) is 4.57. The number of anilines is 1. The minimum absolute atomic E-state index is 0.659. The van der Waals surface area contributed by atoms with Crippen LogP contribution in [0.1, 0.15) is 62.6 Å². The Morgan fingerprint density at radius 2 is 1.96 bits per heavy atom. The molecule has 4 heteroatoms. The molecule has 0 saturated carbocycles. The van der Waals surface area contributed by atoms with Gasteiger partial charge in [0.2, 0.25) is 0 Å². The monoisotopic (exact) mass is 364 g/mol. The van der Waals surface area contributed by atoms with E-state index in [2.05, 4.69) is 31.0 Å². The van der Waals surface area contributed by atoms with Crippen LogP contribution in [0.25, 0.3) is 5.57 Å². The van der Waals surface area contributed by atoms with E-state index < -0.39 is 0 Å². The Hall–Kier alpha value is -2.62. The molecule has 0 radical (unpaired) electrons. The van der Waals surface area contributed by atoms with Crippen molar-refractivity contribution in [2.75, 3.05) is 12.3 Å². The van der Waals surface area contributed by atoms with Crippen LogP contribution in [-0.2, 0) is 0 Å². The maximum Gasteiger partial charge on any atom is 0.0409 e. The molecule has 1 aromatic carbocycles. The van der Waals surface area contributed by atoms with Crippen molar-refractivity contribution in [3.63, 3.8) is 0 Å². The van der Waals surface area contributed by atoms with Crippen molar-refractivity contribution in [3.05, 3.63) is 57.8 Å². The number of hydrogen-bond acceptors (Lipinski definition) is 4. The van der Waals surface area contributed by atoms with Gasteiger partial charge in [-0.2, -0.15) is 0 Å². The van der Waals surface area contributed by atoms with Gasteiger partial charge in [-0.3, -0.25) is 4.99 Å². The second-order valence-corrected chi connectivity index (χ2v) is 6.84. The van der Waals surface area contributed by atoms with Gasteiger partial charge >= 0.3 is 0 Å². The van der Waals surface area contributed by atoms with Crippen molar-refractivity contribution in [2.24, 2.45) is 10.7 Å². The highest BCUT2D eigenvalue weighted by Gasteiger charge is 2.22. The van der Waals surface area contributed by atoms with Crippen LogP contribution in [0.4, 0.5) is 5.69 Å². The van der Waals surface area contributed by atoms with Crippen molar-refractivity contribution < 1.29 is 0 Å². The van der Waals surface area contributed by atoms with E-state index in [1.54, 1.807) is 6.20 Å². The Bertz CT molecular complexity index is 810. The zero-order chi connectivity index (χ0) is 19.8. The summed E-state index contributed by atoms with van der Waals surface area (Å²) in [6.07, 6.45) is 12.4. The zero-order valence-electron chi connectivity index (χ0n) is 16.8. The molecule has 0 aromatic heterocycles. The number of nitrogen functional groups attached to an aromatic ring is 1. The van der Waals surface area contributed by atoms with Crippen LogP contribution in [0.5, 0.6) is 0 Å². The molecule has 0 fully saturated rings. The number of benzene rings is 1. The number of aliphatic imine (C=N–C) groups is 1. The second kappa shape index (κ2) is 9.91. The predicted molar refractivity (Wildman–Crippen MR) is 119 cm³/mol. The lowest BCUT2D eigenvalue weighted by Gasteiger charge is -2.26. The molecule has 5 N–H and O–H groups in total. The topological polar surface area (TPSA) is 88.2 Å². The minimum Gasteiger partial charge on any atom is -0.404 e. The van der Waals surface area contributed by atoms with E-state index in [-0.39, 0.29) is 0 Å². The van der Waals surface area contributed by atoms with Crippen LogP contribution in [0.15, 0.2) is 46.1 Å². The quantitative estimate of drug-likeness (QED) is 0.354. The average molecular weight is 365 g/mol. The number of nitrogens with two attached hydrogens (primary N) is 2. The molecule has 27 heavy (non-hydrogen) atoms. The Morgan fingerprint density at radius 3 is 2.59 bits per heavy atom. The van der Waals surface area contributed by atoms with Crippen molar-refractivity contribution >= 4 is 23.7 Å². The first-order valence-electron chi connectivity index (χ1n) is 9.83. The second-order valence-electron chi connectivity index (χ2n) is 6.84. The van der Waals surface area contributed by atoms with Gasteiger partial charge in [0.1, 0.15) is 0 Å². The van der Waals surface area contributed by atoms with E-state index in [0.29, 0.717) is 5.69 Å². The molecule has 0 unspecified atom stereocenters. The summed E-state index contributed by atoms with van der Waals surface area (Å²) in [6.45, 7) is 6.99. The fourth-order valence-electron chi connectivity index (χ4n) is 3.79. The van der Waals surface area contributed by atoms with E-state index >= 15 is 0 Å². The van der Waals surface area contributed by atoms with Crippen molar-refractivity contribution in [2.45, 2.75) is 52.9 Å². The van der Waals surface area contributed by atoms with E-state index in [4.69, 9.17) is 16.9 Å². The first-order chi connectivity index (χ1) is 13.1. The highest BCUT2D eigenvalue weighted by molar-refractivity contribution is 5.96. The van der Waals surface area contributed by atoms with Crippen LogP contribution >= 0.6 is 0 Å². The zero-order valence-corrected chi connectivity index (χ0v) is 16.8. The summed E-state index contributed by atoms with van der Waals surface area (Å²) in [5.74, 6) is 0. The van der Waals surface area contributed by atoms with Gasteiger partial charge in [0.25, 0.3) is 0 Å². The third-order valence-corrected chi connectivity index (χ3v) is 5.04. The normalized spacial score (nSPS) is 16.3. The molecule has 4 nitrogen and oxygen atoms in total. The summed E-state index contributed by atoms with van der Waals surface area (Å²) in [6, 6.07) is 3.95. The third-order valence-electron chi connectivity index (χ3n) is 5.04. The fourth-order valence-corrected chi connectivity index (χ4v) is 3.79. The molecule has 1 aliphatic rings. The summed E-state index contributed by atoms with van der Waals surface area (Å²) in [5, 5.41) is 7.91. The Balaban J connectivity index is 2.75. The molecule has 144 valence electrons. The lowest BCUT2D eigenvalue weighted by atomic mass is 9.79. The summed E-state index contributed by atoms with van der Waals surface area (Å²) in [7, 11) is 0. The Kier molecular flexibility index (Phi) is 7.59. The molecule has 0 bridgehead atoms. The Morgan fingerprint density at radius 1 is 1.22 bits per heavy atom. The number of allylic oxidation sites excluding steroid dienone is 5. The molecule has 0 aliphatic heterocycles. The van der Waals surface area contributed by atoms with Crippen LogP contribution in [0.3, 0.4) is 0 Å². The molecule has 1 aromatic rings. The Labute approximate surface area is 163 Å². The van der Waals surface area contributed by atoms with Crippen LogP contribution < -0.4 is 11.5 Å². The van der Waals surface area contributed by atoms with E-state index in [1.165, 1.54) is 22.9 Å². The molecule has 1 aliphatic carbocycles. The SMILES string of the molecule is CC/C=C(C1=C(c2c(C)ccc(N)c2C=N)CCCC1)\C(C=NCC)=C\N. The molecule has 2 rings (SSSR count). The minimum atomic E-state index is 0.659. The summed E-state index contributed by atoms with van der Waals surface area (Å²) in [4.78, 5) is 4.41. The highest BCUT2D eigenvalue weighted by Crippen LogP contribution is 2.41. The van der Waals surface area contributed by atoms with Gasteiger partial charge in [-0.1, -0.05) is 19.1 Å². The largest absolute Gasteiger partial charge is 0.404 e. The average Bonchev–Trinajstić information content (AvgIpc) is 2.69. The maximum atomic E-state index is 7.91. The van der Waals surface area contributed by atoms with Crippen LogP contribution in [-0.4, -0.2) is 19.0 Å². The van der Waals surface area contributed by atoms with Crippen molar-refractivity contribution in [1.29, 1.82) is 5.41 Å². The smallest absolute Gasteiger partial charge is 0.0409 e. The van der Waals surface area contributed by atoms with Gasteiger partial charge in [-0.05, 0) is 79.9 Å². The van der Waals surface area contributed by atoms with E-state index in [1.807, 2.05) is 19.2 Å². The van der Waals surface area contributed by atoms with Crippen LogP contribution in [0.2, 0.25) is 0 Å².